The fourth-order valence-corrected chi connectivity index (χ4v) is 2.66. The van der Waals surface area contributed by atoms with Gasteiger partial charge in [0.15, 0.2) is 0 Å². The fraction of sp³-hybridized carbons (Fsp3) is 0.824. The molecule has 2 unspecified atom stereocenters. The highest BCUT2D eigenvalue weighted by molar-refractivity contribution is 5.76. The van der Waals surface area contributed by atoms with Crippen molar-refractivity contribution in [2.24, 2.45) is 11.8 Å². The number of carbonyl (C=O) groups excluding carboxylic acids is 1. The number of carbonyl (C=O) groups is 1. The minimum atomic E-state index is -0.0393. The summed E-state index contributed by atoms with van der Waals surface area (Å²) in [6.07, 6.45) is 10.1. The molecule has 0 N–H and O–H groups in total. The molecule has 2 heteroatoms. The quantitative estimate of drug-likeness (QED) is 0.625. The van der Waals surface area contributed by atoms with Crippen molar-refractivity contribution < 1.29 is 4.79 Å². The summed E-state index contributed by atoms with van der Waals surface area (Å²) in [6, 6.07) is 0. The summed E-state index contributed by atoms with van der Waals surface area (Å²) in [5, 5.41) is 0. The summed E-state index contributed by atoms with van der Waals surface area (Å²) >= 11 is 0. The molecular weight excluding hydrogens is 234 g/mol. The van der Waals surface area contributed by atoms with E-state index in [4.69, 9.17) is 0 Å². The molecule has 1 fully saturated rings. The lowest BCUT2D eigenvalue weighted by molar-refractivity contribution is -0.136. The van der Waals surface area contributed by atoms with Crippen LogP contribution in [0.4, 0.5) is 0 Å². The summed E-state index contributed by atoms with van der Waals surface area (Å²) < 4.78 is 0. The Hall–Kier alpha value is -0.790. The Morgan fingerprint density at radius 1 is 1.21 bits per heavy atom. The van der Waals surface area contributed by atoms with Gasteiger partial charge in [0.2, 0.25) is 5.91 Å². The highest BCUT2D eigenvalue weighted by atomic mass is 16.2. The molecule has 0 heterocycles. The topological polar surface area (TPSA) is 20.3 Å². The van der Waals surface area contributed by atoms with Gasteiger partial charge in [-0.1, -0.05) is 26.0 Å². The number of nitrogens with zero attached hydrogens (tertiary/aromatic N) is 1. The van der Waals surface area contributed by atoms with Crippen molar-refractivity contribution in [2.75, 3.05) is 6.54 Å². The van der Waals surface area contributed by atoms with Crippen LogP contribution in [0.5, 0.6) is 0 Å². The first kappa shape index (κ1) is 16.3. The zero-order chi connectivity index (χ0) is 14.5. The normalized spacial score (nSPS) is 22.8. The van der Waals surface area contributed by atoms with Crippen molar-refractivity contribution in [3.63, 3.8) is 0 Å². The van der Waals surface area contributed by atoms with Gasteiger partial charge < -0.3 is 4.90 Å². The van der Waals surface area contributed by atoms with Gasteiger partial charge in [-0.15, -0.1) is 0 Å². The van der Waals surface area contributed by atoms with Gasteiger partial charge in [0, 0.05) is 18.5 Å². The van der Waals surface area contributed by atoms with Gasteiger partial charge in [0.1, 0.15) is 0 Å². The number of allylic oxidation sites excluding steroid dienone is 2. The zero-order valence-electron chi connectivity index (χ0n) is 13.4. The Labute approximate surface area is 119 Å². The molecule has 1 aliphatic carbocycles. The lowest BCUT2D eigenvalue weighted by Crippen LogP contribution is -2.46. The van der Waals surface area contributed by atoms with Gasteiger partial charge in [0.25, 0.3) is 0 Å². The average molecular weight is 265 g/mol. The molecule has 1 amide bonds. The molecular formula is C17H31NO. The van der Waals surface area contributed by atoms with E-state index < -0.39 is 0 Å². The molecule has 0 saturated heterocycles. The van der Waals surface area contributed by atoms with Gasteiger partial charge in [-0.25, -0.2) is 0 Å². The molecule has 0 aromatic heterocycles. The van der Waals surface area contributed by atoms with Crippen LogP contribution < -0.4 is 0 Å². The second-order valence-electron chi connectivity index (χ2n) is 6.74. The summed E-state index contributed by atoms with van der Waals surface area (Å²) in [6.45, 7) is 11.5. The molecule has 0 spiro atoms. The maximum absolute atomic E-state index is 12.0. The van der Waals surface area contributed by atoms with E-state index >= 15 is 0 Å². The molecule has 2 atom stereocenters. The van der Waals surface area contributed by atoms with E-state index in [9.17, 15) is 4.79 Å². The van der Waals surface area contributed by atoms with Gasteiger partial charge in [-0.05, 0) is 58.3 Å². The van der Waals surface area contributed by atoms with Crippen LogP contribution in [0.25, 0.3) is 0 Å². The summed E-state index contributed by atoms with van der Waals surface area (Å²) in [4.78, 5) is 14.1. The molecule has 19 heavy (non-hydrogen) atoms. The van der Waals surface area contributed by atoms with Crippen LogP contribution >= 0.6 is 0 Å². The third-order valence-corrected chi connectivity index (χ3v) is 4.01. The van der Waals surface area contributed by atoms with E-state index in [1.165, 1.54) is 19.3 Å². The van der Waals surface area contributed by atoms with Crippen molar-refractivity contribution in [1.82, 2.24) is 4.90 Å². The number of rotatable bonds is 7. The SMILES string of the molecule is CC/C=C\CCC1CC1CN(C(=O)CC)C(C)(C)C. The Bertz CT molecular complexity index is 314. The summed E-state index contributed by atoms with van der Waals surface area (Å²) in [5.74, 6) is 1.88. The third-order valence-electron chi connectivity index (χ3n) is 4.01. The predicted octanol–water partition coefficient (Wildman–Crippen LogP) is 4.41. The minimum absolute atomic E-state index is 0.0393. The van der Waals surface area contributed by atoms with Crippen LogP contribution in [0.3, 0.4) is 0 Å². The largest absolute Gasteiger partial charge is 0.338 e. The monoisotopic (exact) mass is 265 g/mol. The molecule has 0 aromatic rings. The second-order valence-corrected chi connectivity index (χ2v) is 6.74. The standard InChI is InChI=1S/C17H31NO/c1-6-8-9-10-11-14-12-15(14)13-18(16(19)7-2)17(3,4)5/h8-9,14-15H,6-7,10-13H2,1-5H3/b9-8-. The van der Waals surface area contributed by atoms with Gasteiger partial charge in [-0.2, -0.15) is 0 Å². The van der Waals surface area contributed by atoms with E-state index in [2.05, 4.69) is 44.7 Å². The predicted molar refractivity (Wildman–Crippen MR) is 82.0 cm³/mol. The molecule has 1 rings (SSSR count). The van der Waals surface area contributed by atoms with Crippen LogP contribution in [0.1, 0.15) is 66.7 Å². The van der Waals surface area contributed by atoms with Gasteiger partial charge in [0.05, 0.1) is 0 Å². The van der Waals surface area contributed by atoms with E-state index in [0.717, 1.165) is 24.8 Å². The molecule has 1 aliphatic rings. The van der Waals surface area contributed by atoms with E-state index in [0.29, 0.717) is 12.3 Å². The highest BCUT2D eigenvalue weighted by Crippen LogP contribution is 2.43. The maximum Gasteiger partial charge on any atom is 0.222 e. The van der Waals surface area contributed by atoms with Crippen LogP contribution in [-0.4, -0.2) is 22.9 Å². The lowest BCUT2D eigenvalue weighted by Gasteiger charge is -2.36. The molecule has 0 bridgehead atoms. The Morgan fingerprint density at radius 2 is 1.89 bits per heavy atom. The van der Waals surface area contributed by atoms with Crippen LogP contribution in [0.15, 0.2) is 12.2 Å². The van der Waals surface area contributed by atoms with Crippen LogP contribution in [0, 0.1) is 11.8 Å². The van der Waals surface area contributed by atoms with Crippen molar-refractivity contribution >= 4 is 5.91 Å². The van der Waals surface area contributed by atoms with Crippen molar-refractivity contribution in [1.29, 1.82) is 0 Å². The molecule has 110 valence electrons. The first-order valence-corrected chi connectivity index (χ1v) is 7.85. The zero-order valence-corrected chi connectivity index (χ0v) is 13.4. The van der Waals surface area contributed by atoms with Crippen molar-refractivity contribution in [2.45, 2.75) is 72.3 Å². The number of hydrogen-bond donors (Lipinski definition) is 0. The Balaban J connectivity index is 2.38. The molecule has 1 saturated carbocycles. The summed E-state index contributed by atoms with van der Waals surface area (Å²) in [5.41, 5.74) is -0.0393. The molecule has 2 nitrogen and oxygen atoms in total. The Morgan fingerprint density at radius 3 is 2.42 bits per heavy atom. The fourth-order valence-electron chi connectivity index (χ4n) is 2.66. The van der Waals surface area contributed by atoms with Crippen molar-refractivity contribution in [3.05, 3.63) is 12.2 Å². The second kappa shape index (κ2) is 7.12. The van der Waals surface area contributed by atoms with E-state index in [-0.39, 0.29) is 5.54 Å². The van der Waals surface area contributed by atoms with Gasteiger partial charge in [-0.3, -0.25) is 4.79 Å². The first-order valence-electron chi connectivity index (χ1n) is 7.85. The van der Waals surface area contributed by atoms with E-state index in [1.54, 1.807) is 0 Å². The summed E-state index contributed by atoms with van der Waals surface area (Å²) in [7, 11) is 0. The van der Waals surface area contributed by atoms with Crippen LogP contribution in [0.2, 0.25) is 0 Å². The molecule has 0 aliphatic heterocycles. The maximum atomic E-state index is 12.0. The first-order chi connectivity index (χ1) is 8.90. The minimum Gasteiger partial charge on any atom is -0.338 e. The smallest absolute Gasteiger partial charge is 0.222 e. The number of amides is 1. The van der Waals surface area contributed by atoms with E-state index in [1.807, 2.05) is 6.92 Å². The van der Waals surface area contributed by atoms with Gasteiger partial charge >= 0.3 is 0 Å². The van der Waals surface area contributed by atoms with Crippen LogP contribution in [-0.2, 0) is 4.79 Å². The average Bonchev–Trinajstić information content (AvgIpc) is 3.08. The Kier molecular flexibility index (Phi) is 6.09. The third kappa shape index (κ3) is 5.38. The van der Waals surface area contributed by atoms with Crippen molar-refractivity contribution in [3.8, 4) is 0 Å². The molecule has 0 aromatic carbocycles. The molecule has 0 radical (unpaired) electrons. The highest BCUT2D eigenvalue weighted by Gasteiger charge is 2.40. The lowest BCUT2D eigenvalue weighted by atomic mass is 10.0. The number of hydrogen-bond acceptors (Lipinski definition) is 1.